The Bertz CT molecular complexity index is 2810. The lowest BCUT2D eigenvalue weighted by molar-refractivity contribution is 0.620. The molecular weight excluding hydrogens is 659 g/mol. The Hall–Kier alpha value is -6.91. The van der Waals surface area contributed by atoms with E-state index < -0.39 is 0 Å². The van der Waals surface area contributed by atoms with Crippen LogP contribution in [-0.2, 0) is 5.41 Å². The molecule has 1 aromatic heterocycles. The molecule has 0 saturated carbocycles. The number of hydrogen-bond acceptors (Lipinski definition) is 4. The van der Waals surface area contributed by atoms with E-state index in [1.807, 2.05) is 30.3 Å². The predicted octanol–water partition coefficient (Wildman–Crippen LogP) is 13.9. The third-order valence-electron chi connectivity index (χ3n) is 10.8. The molecule has 1 aliphatic rings. The first kappa shape index (κ1) is 31.8. The van der Waals surface area contributed by atoms with Gasteiger partial charge in [0.15, 0.2) is 5.58 Å². The molecule has 0 unspecified atom stereocenters. The summed E-state index contributed by atoms with van der Waals surface area (Å²) in [7, 11) is 0. The molecule has 4 nitrogen and oxygen atoms in total. The van der Waals surface area contributed by atoms with Gasteiger partial charge in [-0.25, -0.2) is 4.98 Å². The number of para-hydroxylation sites is 2. The number of anilines is 6. The largest absolute Gasteiger partial charge is 0.436 e. The van der Waals surface area contributed by atoms with Gasteiger partial charge in [-0.05, 0) is 99.8 Å². The van der Waals surface area contributed by atoms with Crippen LogP contribution < -0.4 is 9.80 Å². The number of benzene rings is 8. The summed E-state index contributed by atoms with van der Waals surface area (Å²) in [5.41, 5.74) is 13.6. The fourth-order valence-electron chi connectivity index (χ4n) is 8.18. The average molecular weight is 696 g/mol. The minimum Gasteiger partial charge on any atom is -0.436 e. The molecule has 9 aromatic rings. The SMILES string of the molecule is CC1(C)c2ccccc2-c2ccc(N(c3ccccc3)c3cc(N(c4ccccc4)c4ccc5ccccc5c4)c4nc(-c5ccccc5)oc4c3)cc21. The third kappa shape index (κ3) is 5.26. The first-order chi connectivity index (χ1) is 26.5. The van der Waals surface area contributed by atoms with Crippen LogP contribution in [0.4, 0.5) is 34.1 Å². The maximum atomic E-state index is 6.73. The van der Waals surface area contributed by atoms with Crippen LogP contribution in [0.5, 0.6) is 0 Å². The van der Waals surface area contributed by atoms with E-state index in [4.69, 9.17) is 9.40 Å². The van der Waals surface area contributed by atoms with Gasteiger partial charge < -0.3 is 14.2 Å². The highest BCUT2D eigenvalue weighted by atomic mass is 16.3. The van der Waals surface area contributed by atoms with Gasteiger partial charge in [0.2, 0.25) is 5.89 Å². The van der Waals surface area contributed by atoms with E-state index in [0.717, 1.165) is 45.2 Å². The lowest BCUT2D eigenvalue weighted by Crippen LogP contribution is -2.17. The Labute approximate surface area is 315 Å². The van der Waals surface area contributed by atoms with Crippen molar-refractivity contribution in [2.24, 2.45) is 0 Å². The number of oxazole rings is 1. The van der Waals surface area contributed by atoms with Gasteiger partial charge in [-0.3, -0.25) is 0 Å². The fraction of sp³-hybridized carbons (Fsp3) is 0.0600. The molecule has 10 rings (SSSR count). The number of hydrogen-bond donors (Lipinski definition) is 0. The summed E-state index contributed by atoms with van der Waals surface area (Å²) >= 11 is 0. The van der Waals surface area contributed by atoms with Crippen LogP contribution in [-0.4, -0.2) is 4.98 Å². The zero-order valence-corrected chi connectivity index (χ0v) is 30.1. The Balaban J connectivity index is 1.24. The van der Waals surface area contributed by atoms with E-state index in [1.54, 1.807) is 0 Å². The quantitative estimate of drug-likeness (QED) is 0.166. The maximum absolute atomic E-state index is 6.73. The molecule has 4 heteroatoms. The van der Waals surface area contributed by atoms with E-state index in [-0.39, 0.29) is 5.41 Å². The van der Waals surface area contributed by atoms with Gasteiger partial charge in [-0.15, -0.1) is 0 Å². The molecule has 8 aromatic carbocycles. The lowest BCUT2D eigenvalue weighted by atomic mass is 9.82. The molecule has 258 valence electrons. The summed E-state index contributed by atoms with van der Waals surface area (Å²) in [6.07, 6.45) is 0. The van der Waals surface area contributed by atoms with E-state index in [1.165, 1.54) is 33.0 Å². The molecule has 1 heterocycles. The monoisotopic (exact) mass is 695 g/mol. The van der Waals surface area contributed by atoms with Crippen molar-refractivity contribution in [3.05, 3.63) is 199 Å². The highest BCUT2D eigenvalue weighted by molar-refractivity contribution is 6.00. The second-order valence-electron chi connectivity index (χ2n) is 14.5. The van der Waals surface area contributed by atoms with Crippen LogP contribution >= 0.6 is 0 Å². The van der Waals surface area contributed by atoms with Crippen molar-refractivity contribution in [3.63, 3.8) is 0 Å². The standard InChI is InChI=1S/C50H37N3O/c1-50(2)44-25-15-14-24-42(44)43-29-28-40(31-45(43)50)52(37-20-8-4-9-21-37)41-32-46(48-47(33-41)54-49(51-48)35-17-6-3-7-18-35)53(38-22-10-5-11-23-38)39-27-26-34-16-12-13-19-36(34)30-39/h3-33H,1-2H3. The zero-order valence-electron chi connectivity index (χ0n) is 30.1. The van der Waals surface area contributed by atoms with Crippen molar-refractivity contribution < 1.29 is 4.42 Å². The Morgan fingerprint density at radius 1 is 0.444 bits per heavy atom. The molecule has 0 aliphatic heterocycles. The van der Waals surface area contributed by atoms with E-state index in [9.17, 15) is 0 Å². The molecule has 0 bridgehead atoms. The fourth-order valence-corrected chi connectivity index (χ4v) is 8.18. The summed E-state index contributed by atoms with van der Waals surface area (Å²) in [6.45, 7) is 4.67. The van der Waals surface area contributed by atoms with Crippen LogP contribution in [0.2, 0.25) is 0 Å². The van der Waals surface area contributed by atoms with Crippen LogP contribution in [0, 0.1) is 0 Å². The van der Waals surface area contributed by atoms with Crippen LogP contribution in [0.15, 0.2) is 192 Å². The van der Waals surface area contributed by atoms with Gasteiger partial charge in [0.05, 0.1) is 11.4 Å². The average Bonchev–Trinajstić information content (AvgIpc) is 3.76. The summed E-state index contributed by atoms with van der Waals surface area (Å²) in [6, 6.07) is 66.6. The van der Waals surface area contributed by atoms with Gasteiger partial charge in [0.1, 0.15) is 5.52 Å². The molecule has 0 amide bonds. The smallest absolute Gasteiger partial charge is 0.227 e. The van der Waals surface area contributed by atoms with Gasteiger partial charge >= 0.3 is 0 Å². The summed E-state index contributed by atoms with van der Waals surface area (Å²) in [4.78, 5) is 9.88. The summed E-state index contributed by atoms with van der Waals surface area (Å²) in [5, 5.41) is 2.36. The van der Waals surface area contributed by atoms with Crippen molar-refractivity contribution in [1.29, 1.82) is 0 Å². The first-order valence-electron chi connectivity index (χ1n) is 18.5. The van der Waals surface area contributed by atoms with Crippen molar-refractivity contribution in [2.45, 2.75) is 19.3 Å². The number of fused-ring (bicyclic) bond motifs is 5. The van der Waals surface area contributed by atoms with Crippen LogP contribution in [0.1, 0.15) is 25.0 Å². The molecule has 54 heavy (non-hydrogen) atoms. The topological polar surface area (TPSA) is 32.5 Å². The molecule has 1 aliphatic carbocycles. The maximum Gasteiger partial charge on any atom is 0.227 e. The van der Waals surface area contributed by atoms with Gasteiger partial charge in [0, 0.05) is 39.8 Å². The molecule has 0 N–H and O–H groups in total. The number of rotatable bonds is 7. The first-order valence-corrected chi connectivity index (χ1v) is 18.5. The van der Waals surface area contributed by atoms with E-state index in [0.29, 0.717) is 11.5 Å². The minimum atomic E-state index is -0.144. The number of aromatic nitrogens is 1. The number of nitrogens with zero attached hydrogens (tertiary/aromatic N) is 3. The summed E-state index contributed by atoms with van der Waals surface area (Å²) in [5.74, 6) is 0.582. The van der Waals surface area contributed by atoms with Gasteiger partial charge in [0.25, 0.3) is 0 Å². The normalized spacial score (nSPS) is 12.8. The predicted molar refractivity (Wildman–Crippen MR) is 224 cm³/mol. The van der Waals surface area contributed by atoms with Crippen LogP contribution in [0.25, 0.3) is 44.5 Å². The van der Waals surface area contributed by atoms with E-state index >= 15 is 0 Å². The highest BCUT2D eigenvalue weighted by Gasteiger charge is 2.36. The highest BCUT2D eigenvalue weighted by Crippen LogP contribution is 2.51. The molecular formula is C50H37N3O. The van der Waals surface area contributed by atoms with Crippen molar-refractivity contribution in [2.75, 3.05) is 9.80 Å². The zero-order chi connectivity index (χ0) is 36.2. The molecule has 0 radical (unpaired) electrons. The Morgan fingerprint density at radius 2 is 1.04 bits per heavy atom. The lowest BCUT2D eigenvalue weighted by Gasteiger charge is -2.30. The molecule has 0 saturated heterocycles. The van der Waals surface area contributed by atoms with Gasteiger partial charge in [-0.1, -0.05) is 129 Å². The Kier molecular flexibility index (Phi) is 7.44. The van der Waals surface area contributed by atoms with Crippen molar-refractivity contribution >= 4 is 56.0 Å². The van der Waals surface area contributed by atoms with Crippen molar-refractivity contribution in [1.82, 2.24) is 4.98 Å². The van der Waals surface area contributed by atoms with Gasteiger partial charge in [-0.2, -0.15) is 0 Å². The Morgan fingerprint density at radius 3 is 1.80 bits per heavy atom. The van der Waals surface area contributed by atoms with E-state index in [2.05, 4.69) is 181 Å². The molecule has 0 atom stereocenters. The van der Waals surface area contributed by atoms with Crippen LogP contribution in [0.3, 0.4) is 0 Å². The molecule has 0 fully saturated rings. The van der Waals surface area contributed by atoms with Crippen molar-refractivity contribution in [3.8, 4) is 22.6 Å². The third-order valence-corrected chi connectivity index (χ3v) is 10.8. The second kappa shape index (κ2) is 12.6. The summed E-state index contributed by atoms with van der Waals surface area (Å²) < 4.78 is 6.73. The minimum absolute atomic E-state index is 0.144. The molecule has 0 spiro atoms. The second-order valence-corrected chi connectivity index (χ2v) is 14.5.